The summed E-state index contributed by atoms with van der Waals surface area (Å²) >= 11 is 5.98. The van der Waals surface area contributed by atoms with Crippen LogP contribution in [0.2, 0.25) is 5.02 Å². The van der Waals surface area contributed by atoms with Crippen LogP contribution in [-0.4, -0.2) is 36.8 Å². The van der Waals surface area contributed by atoms with Crippen molar-refractivity contribution >= 4 is 28.3 Å². The summed E-state index contributed by atoms with van der Waals surface area (Å²) in [6.07, 6.45) is 2.18. The first-order valence-electron chi connectivity index (χ1n) is 8.95. The zero-order valence-corrected chi connectivity index (χ0v) is 17.0. The van der Waals surface area contributed by atoms with Gasteiger partial charge in [-0.05, 0) is 13.0 Å². The van der Waals surface area contributed by atoms with Crippen LogP contribution < -0.4 is 10.1 Å². The van der Waals surface area contributed by atoms with Crippen molar-refractivity contribution in [2.75, 3.05) is 12.4 Å². The van der Waals surface area contributed by atoms with E-state index in [4.69, 9.17) is 16.3 Å². The molecule has 12 heteroatoms. The van der Waals surface area contributed by atoms with E-state index in [1.807, 2.05) is 0 Å². The number of nitrogens with one attached hydrogen (secondary N) is 1. The van der Waals surface area contributed by atoms with Gasteiger partial charge in [0.05, 0.1) is 30.1 Å². The number of benzene rings is 1. The molecule has 1 atom stereocenters. The summed E-state index contributed by atoms with van der Waals surface area (Å²) < 4.78 is 45.2. The molecule has 0 fully saturated rings. The van der Waals surface area contributed by atoms with Gasteiger partial charge in [0.1, 0.15) is 23.4 Å². The average molecular weight is 450 g/mol. The van der Waals surface area contributed by atoms with Crippen LogP contribution in [0.5, 0.6) is 5.75 Å². The molecule has 0 aliphatic rings. The number of halogens is 4. The number of anilines is 1. The van der Waals surface area contributed by atoms with E-state index in [0.717, 1.165) is 12.4 Å². The van der Waals surface area contributed by atoms with Gasteiger partial charge in [-0.2, -0.15) is 18.3 Å². The van der Waals surface area contributed by atoms with Crippen LogP contribution in [0, 0.1) is 0 Å². The second-order valence-corrected chi connectivity index (χ2v) is 7.01. The normalized spacial score (nSPS) is 12.7. The van der Waals surface area contributed by atoms with Gasteiger partial charge in [-0.1, -0.05) is 11.6 Å². The monoisotopic (exact) mass is 449 g/mol. The van der Waals surface area contributed by atoms with Crippen LogP contribution in [0.3, 0.4) is 0 Å². The molecule has 0 saturated heterocycles. The summed E-state index contributed by atoms with van der Waals surface area (Å²) in [5.41, 5.74) is 1.68. The molecule has 0 spiro atoms. The molecule has 0 aliphatic heterocycles. The molecule has 1 N–H and O–H groups in total. The van der Waals surface area contributed by atoms with Gasteiger partial charge in [-0.15, -0.1) is 0 Å². The Morgan fingerprint density at radius 3 is 2.45 bits per heavy atom. The molecule has 31 heavy (non-hydrogen) atoms. The predicted octanol–water partition coefficient (Wildman–Crippen LogP) is 4.46. The third-order valence-electron chi connectivity index (χ3n) is 4.50. The molecule has 0 amide bonds. The summed E-state index contributed by atoms with van der Waals surface area (Å²) in [5.74, 6) is -0.242. The van der Waals surface area contributed by atoms with Gasteiger partial charge in [-0.25, -0.2) is 24.6 Å². The van der Waals surface area contributed by atoms with Crippen molar-refractivity contribution in [3.05, 3.63) is 59.7 Å². The molecule has 0 unspecified atom stereocenters. The number of rotatable bonds is 5. The standard InChI is InChI=1S/C19H15ClF3N7O/c1-10(11-5-24-18(25-6-11)19(21,22)23)29-17-14-3-13(30-8-12(20)7-28-30)4-15(31-2)16(14)26-9-27-17/h3-10H,1-2H3,(H,26,27,29)/t10-/m1/s1. The molecule has 0 radical (unpaired) electrons. The zero-order chi connectivity index (χ0) is 22.2. The van der Waals surface area contributed by atoms with Crippen LogP contribution >= 0.6 is 11.6 Å². The number of aromatic nitrogens is 6. The minimum Gasteiger partial charge on any atom is -0.494 e. The SMILES string of the molecule is COc1cc(-n2cc(Cl)cn2)cc2c(N[C@H](C)c3cnc(C(F)(F)F)nc3)ncnc12. The van der Waals surface area contributed by atoms with E-state index in [1.54, 1.807) is 29.9 Å². The Bertz CT molecular complexity index is 1230. The summed E-state index contributed by atoms with van der Waals surface area (Å²) in [5, 5.41) is 8.46. The van der Waals surface area contributed by atoms with E-state index in [1.165, 1.54) is 19.6 Å². The number of alkyl halides is 3. The first-order chi connectivity index (χ1) is 14.8. The maximum atomic E-state index is 12.7. The van der Waals surface area contributed by atoms with E-state index in [2.05, 4.69) is 30.4 Å². The maximum absolute atomic E-state index is 12.7. The van der Waals surface area contributed by atoms with Gasteiger partial charge < -0.3 is 10.1 Å². The molecule has 0 saturated carbocycles. The van der Waals surface area contributed by atoms with Gasteiger partial charge in [0.15, 0.2) is 0 Å². The van der Waals surface area contributed by atoms with Crippen molar-refractivity contribution in [3.63, 3.8) is 0 Å². The van der Waals surface area contributed by atoms with Crippen LogP contribution in [0.15, 0.2) is 43.2 Å². The van der Waals surface area contributed by atoms with Crippen molar-refractivity contribution in [1.82, 2.24) is 29.7 Å². The average Bonchev–Trinajstić information content (AvgIpc) is 3.19. The van der Waals surface area contributed by atoms with Crippen molar-refractivity contribution in [2.24, 2.45) is 0 Å². The largest absolute Gasteiger partial charge is 0.494 e. The molecule has 4 aromatic rings. The molecule has 1 aromatic carbocycles. The van der Waals surface area contributed by atoms with Gasteiger partial charge in [-0.3, -0.25) is 0 Å². The highest BCUT2D eigenvalue weighted by Crippen LogP contribution is 2.33. The number of hydrogen-bond acceptors (Lipinski definition) is 7. The fourth-order valence-electron chi connectivity index (χ4n) is 2.96. The van der Waals surface area contributed by atoms with Gasteiger partial charge in [0.25, 0.3) is 0 Å². The quantitative estimate of drug-likeness (QED) is 0.481. The number of hydrogen-bond donors (Lipinski definition) is 1. The summed E-state index contributed by atoms with van der Waals surface area (Å²) in [7, 11) is 1.52. The Morgan fingerprint density at radius 1 is 1.10 bits per heavy atom. The molecule has 3 heterocycles. The Labute approximate surface area is 179 Å². The maximum Gasteiger partial charge on any atom is 0.451 e. The van der Waals surface area contributed by atoms with Crippen molar-refractivity contribution < 1.29 is 17.9 Å². The smallest absolute Gasteiger partial charge is 0.451 e. The fourth-order valence-corrected chi connectivity index (χ4v) is 3.10. The number of nitrogens with zero attached hydrogens (tertiary/aromatic N) is 6. The third kappa shape index (κ3) is 4.22. The van der Waals surface area contributed by atoms with Crippen molar-refractivity contribution in [2.45, 2.75) is 19.1 Å². The highest BCUT2D eigenvalue weighted by molar-refractivity contribution is 6.30. The van der Waals surface area contributed by atoms with E-state index >= 15 is 0 Å². The highest BCUT2D eigenvalue weighted by atomic mass is 35.5. The second kappa shape index (κ2) is 7.99. The molecular weight excluding hydrogens is 435 g/mol. The fraction of sp³-hybridized carbons (Fsp3) is 0.211. The van der Waals surface area contributed by atoms with Crippen LogP contribution in [0.1, 0.15) is 24.4 Å². The predicted molar refractivity (Wildman–Crippen MR) is 107 cm³/mol. The summed E-state index contributed by atoms with van der Waals surface area (Å²) in [6.45, 7) is 1.76. The third-order valence-corrected chi connectivity index (χ3v) is 4.70. The Hall–Kier alpha value is -3.47. The topological polar surface area (TPSA) is 90.6 Å². The molecule has 3 aromatic heterocycles. The van der Waals surface area contributed by atoms with Gasteiger partial charge in [0, 0.05) is 35.6 Å². The molecule has 4 rings (SSSR count). The molecule has 0 aliphatic carbocycles. The minimum absolute atomic E-state index is 0.436. The number of methoxy groups -OCH3 is 1. The Balaban J connectivity index is 1.71. The van der Waals surface area contributed by atoms with Crippen LogP contribution in [-0.2, 0) is 6.18 Å². The molecule has 0 bridgehead atoms. The first kappa shape index (κ1) is 20.8. The number of ether oxygens (including phenoxy) is 1. The lowest BCUT2D eigenvalue weighted by Crippen LogP contribution is -2.14. The van der Waals surface area contributed by atoms with Gasteiger partial charge in [0.2, 0.25) is 5.82 Å². The van der Waals surface area contributed by atoms with Crippen LogP contribution in [0.4, 0.5) is 19.0 Å². The van der Waals surface area contributed by atoms with E-state index in [-0.39, 0.29) is 0 Å². The second-order valence-electron chi connectivity index (χ2n) is 6.57. The first-order valence-corrected chi connectivity index (χ1v) is 9.33. The van der Waals surface area contributed by atoms with E-state index < -0.39 is 18.0 Å². The van der Waals surface area contributed by atoms with E-state index in [9.17, 15) is 13.2 Å². The zero-order valence-electron chi connectivity index (χ0n) is 16.2. The summed E-state index contributed by atoms with van der Waals surface area (Å²) in [4.78, 5) is 15.4. The lowest BCUT2D eigenvalue weighted by Gasteiger charge is -2.17. The molecule has 160 valence electrons. The summed E-state index contributed by atoms with van der Waals surface area (Å²) in [6, 6.07) is 3.13. The van der Waals surface area contributed by atoms with Crippen molar-refractivity contribution in [3.8, 4) is 11.4 Å². The lowest BCUT2D eigenvalue weighted by molar-refractivity contribution is -0.145. The molecule has 8 nitrogen and oxygen atoms in total. The van der Waals surface area contributed by atoms with Crippen LogP contribution in [0.25, 0.3) is 16.6 Å². The van der Waals surface area contributed by atoms with Gasteiger partial charge >= 0.3 is 6.18 Å². The molecular formula is C19H15ClF3N7O. The number of fused-ring (bicyclic) bond motifs is 1. The highest BCUT2D eigenvalue weighted by Gasteiger charge is 2.34. The minimum atomic E-state index is -4.60. The van der Waals surface area contributed by atoms with Crippen molar-refractivity contribution in [1.29, 1.82) is 0 Å². The lowest BCUT2D eigenvalue weighted by atomic mass is 10.1. The Morgan fingerprint density at radius 2 is 1.84 bits per heavy atom. The Kier molecular flexibility index (Phi) is 5.36. The van der Waals surface area contributed by atoms with E-state index in [0.29, 0.717) is 38.7 Å².